The van der Waals surface area contributed by atoms with Crippen LogP contribution in [0.15, 0.2) is 29.4 Å². The van der Waals surface area contributed by atoms with Gasteiger partial charge in [0.15, 0.2) is 0 Å². The molecular weight excluding hydrogens is 347 g/mol. The number of alkyl halides is 2. The third-order valence-corrected chi connectivity index (χ3v) is 5.44. The average Bonchev–Trinajstić information content (AvgIpc) is 3.09. The van der Waals surface area contributed by atoms with Crippen LogP contribution in [0.1, 0.15) is 52.0 Å². The first-order chi connectivity index (χ1) is 11.3. The van der Waals surface area contributed by atoms with E-state index in [1.54, 1.807) is 6.92 Å². The minimum atomic E-state index is -0.990. The fourth-order valence-corrected chi connectivity index (χ4v) is 3.02. The molecule has 1 saturated carbocycles. The van der Waals surface area contributed by atoms with Crippen LogP contribution >= 0.6 is 23.2 Å². The van der Waals surface area contributed by atoms with Gasteiger partial charge >= 0.3 is 0 Å². The number of hydrogen-bond acceptors (Lipinski definition) is 3. The molecule has 1 aromatic carbocycles. The lowest BCUT2D eigenvalue weighted by Gasteiger charge is -2.11. The second-order valence-corrected chi connectivity index (χ2v) is 7.78. The van der Waals surface area contributed by atoms with Gasteiger partial charge in [0, 0.05) is 0 Å². The summed E-state index contributed by atoms with van der Waals surface area (Å²) in [6.45, 7) is 6.58. The summed E-state index contributed by atoms with van der Waals surface area (Å²) in [5.41, 5.74) is 3.57. The summed E-state index contributed by atoms with van der Waals surface area (Å²) in [6, 6.07) is 7.73. The van der Waals surface area contributed by atoms with Gasteiger partial charge in [-0.2, -0.15) is 5.10 Å². The molecule has 0 aliphatic heterocycles. The van der Waals surface area contributed by atoms with Crippen LogP contribution in [-0.2, 0) is 4.79 Å². The Morgan fingerprint density at radius 1 is 1.29 bits per heavy atom. The predicted molar refractivity (Wildman–Crippen MR) is 99.0 cm³/mol. The number of halogens is 2. The highest BCUT2D eigenvalue weighted by Gasteiger charge is 2.68. The van der Waals surface area contributed by atoms with E-state index < -0.39 is 9.75 Å². The molecule has 0 aromatic heterocycles. The van der Waals surface area contributed by atoms with Crippen molar-refractivity contribution in [1.82, 2.24) is 5.43 Å². The molecule has 1 aliphatic rings. The number of carbonyl (C=O) groups excluding carboxylic acids is 1. The van der Waals surface area contributed by atoms with E-state index in [0.29, 0.717) is 12.8 Å². The number of hydrazone groups is 1. The van der Waals surface area contributed by atoms with Gasteiger partial charge in [-0.25, -0.2) is 5.43 Å². The Hall–Kier alpha value is -1.26. The molecule has 6 heteroatoms. The van der Waals surface area contributed by atoms with E-state index in [2.05, 4.69) is 17.5 Å². The molecule has 2 rings (SSSR count). The SMILES string of the molecule is CCCCOc1ccc(/C(CC)=N\NC(=O)[C@@]2(C)CC2(Cl)Cl)cc1. The molecule has 0 radical (unpaired) electrons. The Balaban J connectivity index is 1.99. The van der Waals surface area contributed by atoms with Gasteiger partial charge in [-0.05, 0) is 56.0 Å². The molecule has 4 nitrogen and oxygen atoms in total. The van der Waals surface area contributed by atoms with Crippen molar-refractivity contribution in [2.75, 3.05) is 6.61 Å². The maximum absolute atomic E-state index is 12.2. The number of hydrogen-bond donors (Lipinski definition) is 1. The smallest absolute Gasteiger partial charge is 0.249 e. The molecule has 132 valence electrons. The highest BCUT2D eigenvalue weighted by Crippen LogP contribution is 2.63. The summed E-state index contributed by atoms with van der Waals surface area (Å²) in [6.07, 6.45) is 3.28. The molecule has 0 unspecified atom stereocenters. The van der Waals surface area contributed by atoms with Crippen LogP contribution in [0.3, 0.4) is 0 Å². The van der Waals surface area contributed by atoms with E-state index in [1.807, 2.05) is 31.2 Å². The van der Waals surface area contributed by atoms with Crippen LogP contribution in [0, 0.1) is 5.41 Å². The Bertz CT molecular complexity index is 614. The Morgan fingerprint density at radius 2 is 1.92 bits per heavy atom. The van der Waals surface area contributed by atoms with Crippen LogP contribution in [-0.4, -0.2) is 22.6 Å². The Morgan fingerprint density at radius 3 is 2.42 bits per heavy atom. The summed E-state index contributed by atoms with van der Waals surface area (Å²) in [5.74, 6) is 0.587. The molecule has 1 aliphatic carbocycles. The van der Waals surface area contributed by atoms with Gasteiger partial charge in [0.05, 0.1) is 17.7 Å². The van der Waals surface area contributed by atoms with Crippen molar-refractivity contribution in [3.8, 4) is 5.75 Å². The lowest BCUT2D eigenvalue weighted by molar-refractivity contribution is -0.125. The fourth-order valence-electron chi connectivity index (χ4n) is 2.31. The van der Waals surface area contributed by atoms with Crippen molar-refractivity contribution in [3.63, 3.8) is 0 Å². The van der Waals surface area contributed by atoms with E-state index in [0.717, 1.165) is 36.5 Å². The highest BCUT2D eigenvalue weighted by atomic mass is 35.5. The van der Waals surface area contributed by atoms with E-state index in [4.69, 9.17) is 27.9 Å². The number of unbranched alkanes of at least 4 members (excludes halogenated alkanes) is 1. The van der Waals surface area contributed by atoms with Crippen molar-refractivity contribution >= 4 is 34.8 Å². The first kappa shape index (κ1) is 19.1. The molecule has 24 heavy (non-hydrogen) atoms. The van der Waals surface area contributed by atoms with Crippen LogP contribution in [0.4, 0.5) is 0 Å². The summed E-state index contributed by atoms with van der Waals surface area (Å²) in [4.78, 5) is 12.2. The zero-order valence-corrected chi connectivity index (χ0v) is 15.9. The molecular formula is C18H24Cl2N2O2. The van der Waals surface area contributed by atoms with Crippen LogP contribution < -0.4 is 10.2 Å². The molecule has 1 fully saturated rings. The van der Waals surface area contributed by atoms with Crippen molar-refractivity contribution < 1.29 is 9.53 Å². The fraction of sp³-hybridized carbons (Fsp3) is 0.556. The van der Waals surface area contributed by atoms with Gasteiger partial charge in [-0.15, -0.1) is 23.2 Å². The van der Waals surface area contributed by atoms with E-state index in [9.17, 15) is 4.79 Å². The number of carbonyl (C=O) groups is 1. The second-order valence-electron chi connectivity index (χ2n) is 6.29. The third-order valence-electron chi connectivity index (χ3n) is 4.34. The van der Waals surface area contributed by atoms with E-state index in [1.165, 1.54) is 0 Å². The molecule has 0 saturated heterocycles. The third kappa shape index (κ3) is 4.22. The largest absolute Gasteiger partial charge is 0.494 e. The average molecular weight is 371 g/mol. The second kappa shape index (κ2) is 7.75. The van der Waals surface area contributed by atoms with Crippen LogP contribution in [0.2, 0.25) is 0 Å². The van der Waals surface area contributed by atoms with E-state index >= 15 is 0 Å². The van der Waals surface area contributed by atoms with Gasteiger partial charge in [0.25, 0.3) is 0 Å². The minimum Gasteiger partial charge on any atom is -0.494 e. The molecule has 1 atom stereocenters. The Labute approximate surface area is 153 Å². The molecule has 1 amide bonds. The van der Waals surface area contributed by atoms with Gasteiger partial charge in [-0.1, -0.05) is 20.3 Å². The number of ether oxygens (including phenoxy) is 1. The first-order valence-electron chi connectivity index (χ1n) is 8.32. The minimum absolute atomic E-state index is 0.252. The molecule has 0 spiro atoms. The monoisotopic (exact) mass is 370 g/mol. The topological polar surface area (TPSA) is 50.7 Å². The highest BCUT2D eigenvalue weighted by molar-refractivity contribution is 6.53. The normalized spacial score (nSPS) is 22.1. The van der Waals surface area contributed by atoms with Gasteiger partial charge in [0.1, 0.15) is 10.1 Å². The maximum atomic E-state index is 12.2. The van der Waals surface area contributed by atoms with Crippen molar-refractivity contribution in [2.45, 2.75) is 50.8 Å². The van der Waals surface area contributed by atoms with Crippen molar-refractivity contribution in [1.29, 1.82) is 0 Å². The number of amides is 1. The standard InChI is InChI=1S/C18H24Cl2N2O2/c1-4-6-11-24-14-9-7-13(8-10-14)15(5-2)21-22-16(23)17(3)12-18(17,19)20/h7-10H,4-6,11-12H2,1-3H3,(H,22,23)/b21-15-/t17-/m1/s1. The number of rotatable bonds is 8. The van der Waals surface area contributed by atoms with Gasteiger partial charge in [0.2, 0.25) is 5.91 Å². The molecule has 0 bridgehead atoms. The van der Waals surface area contributed by atoms with Gasteiger partial charge < -0.3 is 4.74 Å². The van der Waals surface area contributed by atoms with Crippen molar-refractivity contribution in [3.05, 3.63) is 29.8 Å². The maximum Gasteiger partial charge on any atom is 0.249 e. The molecule has 1 N–H and O–H groups in total. The summed E-state index contributed by atoms with van der Waals surface area (Å²) in [5, 5.41) is 4.25. The van der Waals surface area contributed by atoms with E-state index in [-0.39, 0.29) is 5.91 Å². The summed E-state index contributed by atoms with van der Waals surface area (Å²) in [7, 11) is 0. The van der Waals surface area contributed by atoms with Crippen molar-refractivity contribution in [2.24, 2.45) is 10.5 Å². The molecule has 1 aromatic rings. The lowest BCUT2D eigenvalue weighted by atomic mass is 10.1. The van der Waals surface area contributed by atoms with Crippen LogP contribution in [0.5, 0.6) is 5.75 Å². The zero-order valence-electron chi connectivity index (χ0n) is 14.4. The van der Waals surface area contributed by atoms with Crippen LogP contribution in [0.25, 0.3) is 0 Å². The predicted octanol–water partition coefficient (Wildman–Crippen LogP) is 4.68. The first-order valence-corrected chi connectivity index (χ1v) is 9.07. The summed E-state index contributed by atoms with van der Waals surface area (Å²) < 4.78 is 4.66. The quantitative estimate of drug-likeness (QED) is 0.312. The number of benzene rings is 1. The van der Waals surface area contributed by atoms with Gasteiger partial charge in [-0.3, -0.25) is 4.79 Å². The number of nitrogens with zero attached hydrogens (tertiary/aromatic N) is 1. The number of nitrogens with one attached hydrogen (secondary N) is 1. The zero-order chi connectivity index (χ0) is 17.8. The Kier molecular flexibility index (Phi) is 6.16. The summed E-state index contributed by atoms with van der Waals surface area (Å²) >= 11 is 12.0. The lowest BCUT2D eigenvalue weighted by Crippen LogP contribution is -2.30. The molecule has 0 heterocycles.